The van der Waals surface area contributed by atoms with Crippen molar-refractivity contribution < 1.29 is 14.6 Å². The molecule has 1 aliphatic rings. The molecule has 0 amide bonds. The SMILES string of the molecule is O=C(O)c1nc(C2CCOC2)n2ccccc12. The van der Waals surface area contributed by atoms with Crippen molar-refractivity contribution in [2.75, 3.05) is 13.2 Å². The van der Waals surface area contributed by atoms with E-state index in [9.17, 15) is 4.79 Å². The van der Waals surface area contributed by atoms with E-state index in [0.717, 1.165) is 18.9 Å². The van der Waals surface area contributed by atoms with E-state index in [1.165, 1.54) is 0 Å². The molecule has 5 nitrogen and oxygen atoms in total. The number of pyridine rings is 1. The smallest absolute Gasteiger partial charge is 0.356 e. The van der Waals surface area contributed by atoms with E-state index in [2.05, 4.69) is 4.98 Å². The van der Waals surface area contributed by atoms with Crippen LogP contribution in [0.15, 0.2) is 24.4 Å². The molecule has 0 spiro atoms. The van der Waals surface area contributed by atoms with E-state index in [1.807, 2.05) is 22.7 Å². The average molecular weight is 232 g/mol. The highest BCUT2D eigenvalue weighted by Crippen LogP contribution is 2.26. The van der Waals surface area contributed by atoms with Crippen LogP contribution in [-0.2, 0) is 4.74 Å². The second-order valence-electron chi connectivity index (χ2n) is 4.14. The maximum atomic E-state index is 11.1. The van der Waals surface area contributed by atoms with Gasteiger partial charge in [0.05, 0.1) is 12.1 Å². The number of aromatic nitrogens is 2. The number of carbonyl (C=O) groups is 1. The number of imidazole rings is 1. The number of fused-ring (bicyclic) bond motifs is 1. The van der Waals surface area contributed by atoms with Crippen LogP contribution in [0.3, 0.4) is 0 Å². The minimum absolute atomic E-state index is 0.118. The molecule has 0 aliphatic carbocycles. The molecule has 1 aliphatic heterocycles. The summed E-state index contributed by atoms with van der Waals surface area (Å²) in [5.74, 6) is -0.00707. The third-order valence-electron chi connectivity index (χ3n) is 3.07. The summed E-state index contributed by atoms with van der Waals surface area (Å²) in [7, 11) is 0. The van der Waals surface area contributed by atoms with Gasteiger partial charge in [-0.05, 0) is 18.6 Å². The van der Waals surface area contributed by atoms with Crippen LogP contribution in [0.5, 0.6) is 0 Å². The highest BCUT2D eigenvalue weighted by molar-refractivity contribution is 5.93. The molecule has 0 bridgehead atoms. The topological polar surface area (TPSA) is 63.8 Å². The summed E-state index contributed by atoms with van der Waals surface area (Å²) in [6, 6.07) is 5.47. The zero-order chi connectivity index (χ0) is 11.8. The summed E-state index contributed by atoms with van der Waals surface area (Å²) in [4.78, 5) is 15.4. The van der Waals surface area contributed by atoms with Gasteiger partial charge >= 0.3 is 5.97 Å². The Kier molecular flexibility index (Phi) is 2.33. The molecule has 0 aromatic carbocycles. The number of rotatable bonds is 2. The highest BCUT2D eigenvalue weighted by atomic mass is 16.5. The van der Waals surface area contributed by atoms with Crippen LogP contribution in [0.4, 0.5) is 0 Å². The van der Waals surface area contributed by atoms with E-state index in [4.69, 9.17) is 9.84 Å². The zero-order valence-electron chi connectivity index (χ0n) is 9.17. The fourth-order valence-electron chi connectivity index (χ4n) is 2.25. The van der Waals surface area contributed by atoms with Gasteiger partial charge in [-0.25, -0.2) is 9.78 Å². The number of carboxylic acids is 1. The van der Waals surface area contributed by atoms with Gasteiger partial charge in [-0.15, -0.1) is 0 Å². The van der Waals surface area contributed by atoms with Crippen molar-refractivity contribution >= 4 is 11.5 Å². The Morgan fingerprint density at radius 2 is 2.41 bits per heavy atom. The van der Waals surface area contributed by atoms with Gasteiger partial charge in [-0.1, -0.05) is 6.07 Å². The molecule has 0 saturated carbocycles. The Hall–Kier alpha value is -1.88. The first-order valence-electron chi connectivity index (χ1n) is 5.55. The largest absolute Gasteiger partial charge is 0.476 e. The predicted octanol–water partition coefficient (Wildman–Crippen LogP) is 1.54. The second-order valence-corrected chi connectivity index (χ2v) is 4.14. The van der Waals surface area contributed by atoms with Crippen LogP contribution in [0.25, 0.3) is 5.52 Å². The number of ether oxygens (including phenoxy) is 1. The molecule has 2 aromatic rings. The fraction of sp³-hybridized carbons (Fsp3) is 0.333. The molecule has 2 aromatic heterocycles. The van der Waals surface area contributed by atoms with Gasteiger partial charge in [-0.2, -0.15) is 0 Å². The number of nitrogens with zero attached hydrogens (tertiary/aromatic N) is 2. The lowest BCUT2D eigenvalue weighted by atomic mass is 10.1. The predicted molar refractivity (Wildman–Crippen MR) is 60.3 cm³/mol. The average Bonchev–Trinajstić information content (AvgIpc) is 2.95. The first kappa shape index (κ1) is 10.3. The molecular formula is C12H12N2O3. The summed E-state index contributed by atoms with van der Waals surface area (Å²) >= 11 is 0. The molecule has 1 saturated heterocycles. The Morgan fingerprint density at radius 3 is 3.12 bits per heavy atom. The molecule has 5 heteroatoms. The van der Waals surface area contributed by atoms with Crippen molar-refractivity contribution in [3.05, 3.63) is 35.9 Å². The maximum Gasteiger partial charge on any atom is 0.356 e. The lowest BCUT2D eigenvalue weighted by Crippen LogP contribution is -2.04. The molecule has 17 heavy (non-hydrogen) atoms. The lowest BCUT2D eigenvalue weighted by molar-refractivity contribution is 0.0693. The molecule has 1 N–H and O–H groups in total. The van der Waals surface area contributed by atoms with Gasteiger partial charge in [0.25, 0.3) is 0 Å². The fourth-order valence-corrected chi connectivity index (χ4v) is 2.25. The Morgan fingerprint density at radius 1 is 1.53 bits per heavy atom. The summed E-state index contributed by atoms with van der Waals surface area (Å²) < 4.78 is 7.18. The summed E-state index contributed by atoms with van der Waals surface area (Å²) in [6.45, 7) is 1.34. The normalized spacial score (nSPS) is 19.9. The molecule has 3 rings (SSSR count). The lowest BCUT2D eigenvalue weighted by Gasteiger charge is -2.05. The molecule has 1 atom stereocenters. The number of hydrogen-bond acceptors (Lipinski definition) is 3. The van der Waals surface area contributed by atoms with Crippen LogP contribution in [0.2, 0.25) is 0 Å². The monoisotopic (exact) mass is 232 g/mol. The Balaban J connectivity index is 2.20. The third kappa shape index (κ3) is 1.59. The van der Waals surface area contributed by atoms with E-state index in [-0.39, 0.29) is 11.6 Å². The van der Waals surface area contributed by atoms with Crippen LogP contribution in [0.1, 0.15) is 28.7 Å². The van der Waals surface area contributed by atoms with Crippen molar-refractivity contribution in [2.24, 2.45) is 0 Å². The van der Waals surface area contributed by atoms with E-state index in [0.29, 0.717) is 12.1 Å². The molecule has 1 unspecified atom stereocenters. The van der Waals surface area contributed by atoms with Gasteiger partial charge in [0.2, 0.25) is 0 Å². The summed E-state index contributed by atoms with van der Waals surface area (Å²) in [6.07, 6.45) is 2.75. The number of hydrogen-bond donors (Lipinski definition) is 1. The van der Waals surface area contributed by atoms with Crippen LogP contribution >= 0.6 is 0 Å². The number of aromatic carboxylic acids is 1. The summed E-state index contributed by atoms with van der Waals surface area (Å²) in [5, 5.41) is 9.13. The third-order valence-corrected chi connectivity index (χ3v) is 3.07. The van der Waals surface area contributed by atoms with Crippen LogP contribution in [0, 0.1) is 0 Å². The van der Waals surface area contributed by atoms with E-state index in [1.54, 1.807) is 6.07 Å². The Labute approximate surface area is 97.7 Å². The van der Waals surface area contributed by atoms with Gasteiger partial charge in [0, 0.05) is 18.7 Å². The molecule has 0 radical (unpaired) electrons. The van der Waals surface area contributed by atoms with Crippen molar-refractivity contribution in [1.82, 2.24) is 9.38 Å². The van der Waals surface area contributed by atoms with Crippen molar-refractivity contribution in [3.63, 3.8) is 0 Å². The van der Waals surface area contributed by atoms with Gasteiger partial charge in [-0.3, -0.25) is 0 Å². The second kappa shape index (κ2) is 3.85. The molecule has 1 fully saturated rings. The van der Waals surface area contributed by atoms with Crippen molar-refractivity contribution in [3.8, 4) is 0 Å². The van der Waals surface area contributed by atoms with Crippen molar-refractivity contribution in [1.29, 1.82) is 0 Å². The minimum atomic E-state index is -0.987. The molecule has 88 valence electrons. The maximum absolute atomic E-state index is 11.1. The minimum Gasteiger partial charge on any atom is -0.476 e. The van der Waals surface area contributed by atoms with Gasteiger partial charge < -0.3 is 14.2 Å². The quantitative estimate of drug-likeness (QED) is 0.853. The van der Waals surface area contributed by atoms with Crippen LogP contribution < -0.4 is 0 Å². The van der Waals surface area contributed by atoms with Crippen molar-refractivity contribution in [2.45, 2.75) is 12.3 Å². The Bertz CT molecular complexity index is 570. The first-order valence-corrected chi connectivity index (χ1v) is 5.55. The van der Waals surface area contributed by atoms with E-state index >= 15 is 0 Å². The number of carboxylic acid groups (broad SMARTS) is 1. The highest BCUT2D eigenvalue weighted by Gasteiger charge is 2.25. The zero-order valence-corrected chi connectivity index (χ0v) is 9.17. The first-order chi connectivity index (χ1) is 8.27. The standard InChI is InChI=1S/C12H12N2O3/c15-12(16)10-9-3-1-2-5-14(9)11(13-10)8-4-6-17-7-8/h1-3,5,8H,4,6-7H2,(H,15,16). The van der Waals surface area contributed by atoms with Crippen LogP contribution in [-0.4, -0.2) is 33.7 Å². The van der Waals surface area contributed by atoms with Gasteiger partial charge in [0.15, 0.2) is 5.69 Å². The van der Waals surface area contributed by atoms with E-state index < -0.39 is 5.97 Å². The molecular weight excluding hydrogens is 220 g/mol. The summed E-state index contributed by atoms with van der Waals surface area (Å²) in [5.41, 5.74) is 0.759. The van der Waals surface area contributed by atoms with Gasteiger partial charge in [0.1, 0.15) is 5.82 Å². The molecule has 3 heterocycles.